The topological polar surface area (TPSA) is 36.3 Å². The Morgan fingerprint density at radius 3 is 2.54 bits per heavy atom. The van der Waals surface area contributed by atoms with Crippen LogP contribution in [0.1, 0.15) is 53.4 Å². The molecule has 1 aliphatic rings. The standard InChI is InChI=1S/C20H32N2OS/c1-7-24-19(12-13-20(3,4)5)14-16(2)22(15-23-6)18-10-8-17(21)9-11-18/h14,18,21H,2,7-11,15H2,1,3-6H3/b19-14-,21-17?. The summed E-state index contributed by atoms with van der Waals surface area (Å²) >= 11 is 1.75. The van der Waals surface area contributed by atoms with Gasteiger partial charge in [-0.15, -0.1) is 11.8 Å². The summed E-state index contributed by atoms with van der Waals surface area (Å²) in [5, 5.41) is 7.80. The van der Waals surface area contributed by atoms with Gasteiger partial charge in [-0.2, -0.15) is 0 Å². The molecule has 1 N–H and O–H groups in total. The summed E-state index contributed by atoms with van der Waals surface area (Å²) in [6.07, 6.45) is 5.84. The first-order chi connectivity index (χ1) is 11.3. The molecule has 1 fully saturated rings. The molecule has 1 aliphatic carbocycles. The van der Waals surface area contributed by atoms with Crippen LogP contribution in [-0.2, 0) is 4.74 Å². The van der Waals surface area contributed by atoms with E-state index >= 15 is 0 Å². The van der Waals surface area contributed by atoms with Crippen molar-refractivity contribution in [3.8, 4) is 11.8 Å². The average Bonchev–Trinajstić information content (AvgIpc) is 2.51. The Bertz CT molecular complexity index is 524. The summed E-state index contributed by atoms with van der Waals surface area (Å²) < 4.78 is 5.40. The number of allylic oxidation sites excluding steroid dienone is 2. The molecular weight excluding hydrogens is 316 g/mol. The van der Waals surface area contributed by atoms with Crippen LogP contribution in [0.3, 0.4) is 0 Å². The lowest BCUT2D eigenvalue weighted by molar-refractivity contribution is 0.0559. The van der Waals surface area contributed by atoms with E-state index in [1.807, 2.05) is 0 Å². The average molecular weight is 349 g/mol. The van der Waals surface area contributed by atoms with E-state index in [1.54, 1.807) is 18.9 Å². The van der Waals surface area contributed by atoms with E-state index in [0.717, 1.165) is 47.8 Å². The molecule has 0 aromatic heterocycles. The lowest BCUT2D eigenvalue weighted by Gasteiger charge is -2.36. The number of nitrogens with one attached hydrogen (secondary N) is 1. The van der Waals surface area contributed by atoms with E-state index in [4.69, 9.17) is 10.1 Å². The smallest absolute Gasteiger partial charge is 0.118 e. The van der Waals surface area contributed by atoms with Crippen LogP contribution < -0.4 is 0 Å². The Hall–Kier alpha value is -1.18. The Morgan fingerprint density at radius 1 is 1.42 bits per heavy atom. The zero-order valence-corrected chi connectivity index (χ0v) is 16.7. The second-order valence-corrected chi connectivity index (χ2v) is 8.46. The molecule has 0 spiro atoms. The quantitative estimate of drug-likeness (QED) is 0.397. The molecule has 0 saturated heterocycles. The Labute approximate surface area is 152 Å². The van der Waals surface area contributed by atoms with Gasteiger partial charge in [0.05, 0.1) is 4.91 Å². The molecule has 0 radical (unpaired) electrons. The van der Waals surface area contributed by atoms with Crippen molar-refractivity contribution in [1.82, 2.24) is 4.90 Å². The number of ether oxygens (including phenoxy) is 1. The number of methoxy groups -OCH3 is 1. The van der Waals surface area contributed by atoms with E-state index in [0.29, 0.717) is 12.8 Å². The van der Waals surface area contributed by atoms with Gasteiger partial charge in [0.15, 0.2) is 0 Å². The van der Waals surface area contributed by atoms with Gasteiger partial charge >= 0.3 is 0 Å². The van der Waals surface area contributed by atoms with E-state index < -0.39 is 0 Å². The van der Waals surface area contributed by atoms with Crippen LogP contribution in [-0.4, -0.2) is 36.2 Å². The van der Waals surface area contributed by atoms with Crippen LogP contribution in [0.2, 0.25) is 0 Å². The second-order valence-electron chi connectivity index (χ2n) is 7.16. The predicted molar refractivity (Wildman–Crippen MR) is 106 cm³/mol. The molecule has 3 nitrogen and oxygen atoms in total. The zero-order chi connectivity index (χ0) is 18.2. The highest BCUT2D eigenvalue weighted by molar-refractivity contribution is 8.03. The molecule has 24 heavy (non-hydrogen) atoms. The number of hydrogen-bond acceptors (Lipinski definition) is 4. The maximum Gasteiger partial charge on any atom is 0.118 e. The lowest BCUT2D eigenvalue weighted by atomic mass is 9.92. The van der Waals surface area contributed by atoms with Gasteiger partial charge < -0.3 is 15.0 Å². The third-order valence-electron chi connectivity index (χ3n) is 3.79. The number of nitrogens with zero attached hydrogens (tertiary/aromatic N) is 1. The maximum absolute atomic E-state index is 7.80. The highest BCUT2D eigenvalue weighted by Crippen LogP contribution is 2.26. The highest BCUT2D eigenvalue weighted by atomic mass is 32.2. The van der Waals surface area contributed by atoms with Crippen LogP contribution in [0.15, 0.2) is 23.3 Å². The normalized spacial score (nSPS) is 18.8. The molecule has 0 unspecified atom stereocenters. The van der Waals surface area contributed by atoms with Gasteiger partial charge in [-0.1, -0.05) is 25.3 Å². The molecular formula is C20H32N2OS. The number of thioether (sulfide) groups is 1. The Morgan fingerprint density at radius 2 is 2.04 bits per heavy atom. The van der Waals surface area contributed by atoms with E-state index in [9.17, 15) is 0 Å². The molecule has 0 aromatic carbocycles. The molecule has 0 aliphatic heterocycles. The summed E-state index contributed by atoms with van der Waals surface area (Å²) in [5.41, 5.74) is 1.81. The van der Waals surface area contributed by atoms with E-state index in [-0.39, 0.29) is 5.41 Å². The van der Waals surface area contributed by atoms with E-state index in [2.05, 4.69) is 57.1 Å². The van der Waals surface area contributed by atoms with Crippen LogP contribution in [0, 0.1) is 22.7 Å². The van der Waals surface area contributed by atoms with Crippen LogP contribution in [0.4, 0.5) is 0 Å². The Balaban J connectivity index is 2.93. The Kier molecular flexibility index (Phi) is 8.66. The van der Waals surface area contributed by atoms with Crippen molar-refractivity contribution >= 4 is 17.5 Å². The van der Waals surface area contributed by atoms with Gasteiger partial charge in [-0.05, 0) is 58.3 Å². The fourth-order valence-electron chi connectivity index (χ4n) is 2.58. The summed E-state index contributed by atoms with van der Waals surface area (Å²) in [4.78, 5) is 3.28. The van der Waals surface area contributed by atoms with E-state index in [1.165, 1.54) is 0 Å². The van der Waals surface area contributed by atoms with Gasteiger partial charge in [0.1, 0.15) is 6.73 Å². The summed E-state index contributed by atoms with van der Waals surface area (Å²) in [7, 11) is 1.72. The fraction of sp³-hybridized carbons (Fsp3) is 0.650. The third-order valence-corrected chi connectivity index (χ3v) is 4.61. The van der Waals surface area contributed by atoms with Crippen molar-refractivity contribution in [3.63, 3.8) is 0 Å². The molecule has 134 valence electrons. The van der Waals surface area contributed by atoms with Crippen LogP contribution >= 0.6 is 11.8 Å². The third kappa shape index (κ3) is 7.59. The minimum atomic E-state index is -0.00925. The largest absolute Gasteiger partial charge is 0.364 e. The van der Waals surface area contributed by atoms with Crippen molar-refractivity contribution < 1.29 is 4.74 Å². The molecule has 4 heteroatoms. The number of rotatable bonds is 7. The molecule has 0 bridgehead atoms. The fourth-order valence-corrected chi connectivity index (χ4v) is 3.23. The molecule has 0 amide bonds. The minimum Gasteiger partial charge on any atom is -0.364 e. The van der Waals surface area contributed by atoms with Crippen molar-refractivity contribution in [1.29, 1.82) is 5.41 Å². The lowest BCUT2D eigenvalue weighted by Crippen LogP contribution is -2.38. The molecule has 1 rings (SSSR count). The van der Waals surface area contributed by atoms with Gasteiger partial charge in [-0.25, -0.2) is 0 Å². The monoisotopic (exact) mass is 348 g/mol. The first-order valence-electron chi connectivity index (χ1n) is 8.65. The van der Waals surface area contributed by atoms with Crippen molar-refractivity contribution in [2.24, 2.45) is 5.41 Å². The summed E-state index contributed by atoms with van der Waals surface area (Å²) in [5.74, 6) is 7.61. The van der Waals surface area contributed by atoms with Crippen molar-refractivity contribution in [2.75, 3.05) is 19.6 Å². The molecule has 0 atom stereocenters. The minimum absolute atomic E-state index is 0.00925. The second kappa shape index (κ2) is 9.96. The first kappa shape index (κ1) is 20.9. The van der Waals surface area contributed by atoms with Gasteiger partial charge in [0.2, 0.25) is 0 Å². The van der Waals surface area contributed by atoms with Gasteiger partial charge in [-0.3, -0.25) is 0 Å². The summed E-state index contributed by atoms with van der Waals surface area (Å²) in [6, 6.07) is 0.395. The maximum atomic E-state index is 7.80. The zero-order valence-electron chi connectivity index (χ0n) is 15.9. The molecule has 0 aromatic rings. The van der Waals surface area contributed by atoms with Crippen LogP contribution in [0.25, 0.3) is 0 Å². The number of hydrogen-bond donors (Lipinski definition) is 1. The van der Waals surface area contributed by atoms with Crippen molar-refractivity contribution in [3.05, 3.63) is 23.3 Å². The summed E-state index contributed by atoms with van der Waals surface area (Å²) in [6.45, 7) is 13.3. The molecule has 0 heterocycles. The van der Waals surface area contributed by atoms with Crippen molar-refractivity contribution in [2.45, 2.75) is 59.4 Å². The SMILES string of the molecule is C=C(/C=C(/C#CC(C)(C)C)SCC)N(COC)C1CCC(=N)CC1. The van der Waals surface area contributed by atoms with Gasteiger partial charge in [0, 0.05) is 30.0 Å². The van der Waals surface area contributed by atoms with Crippen LogP contribution in [0.5, 0.6) is 0 Å². The van der Waals surface area contributed by atoms with Gasteiger partial charge in [0.25, 0.3) is 0 Å². The predicted octanol–water partition coefficient (Wildman–Crippen LogP) is 5.05. The molecule has 1 saturated carbocycles. The first-order valence-corrected chi connectivity index (χ1v) is 9.63. The highest BCUT2D eigenvalue weighted by Gasteiger charge is 2.23.